The summed E-state index contributed by atoms with van der Waals surface area (Å²) >= 11 is 0. The molecule has 4 heteroatoms. The number of fused-ring (bicyclic) bond motifs is 1. The topological polar surface area (TPSA) is 45.6 Å². The number of aromatic nitrogens is 1. The highest BCUT2D eigenvalue weighted by atomic mass is 16.5. The maximum absolute atomic E-state index is 9.50. The standard InChI is InChI=1S/C15H18N2O2/c1-19-13-8-12(10-18)17(9-13)15-7-6-11-4-2-3-5-14(11)16-15/h2-7,12-13,18H,8-10H2,1H3/t12-,13-/m0/s1. The van der Waals surface area contributed by atoms with E-state index in [2.05, 4.69) is 22.0 Å². The molecule has 100 valence electrons. The van der Waals surface area contributed by atoms with Crippen LogP contribution in [0, 0.1) is 0 Å². The summed E-state index contributed by atoms with van der Waals surface area (Å²) in [6.07, 6.45) is 1.02. The van der Waals surface area contributed by atoms with Gasteiger partial charge in [0.05, 0.1) is 24.3 Å². The van der Waals surface area contributed by atoms with E-state index in [-0.39, 0.29) is 18.8 Å². The number of nitrogens with zero attached hydrogens (tertiary/aromatic N) is 2. The highest BCUT2D eigenvalue weighted by molar-refractivity contribution is 5.80. The molecule has 1 fully saturated rings. The third-order valence-corrected chi connectivity index (χ3v) is 3.80. The predicted octanol–water partition coefficient (Wildman–Crippen LogP) is 1.82. The Balaban J connectivity index is 1.94. The molecule has 2 heterocycles. The molecule has 0 bridgehead atoms. The molecule has 0 aliphatic carbocycles. The Labute approximate surface area is 112 Å². The Bertz CT molecular complexity index is 573. The van der Waals surface area contributed by atoms with Crippen molar-refractivity contribution in [2.75, 3.05) is 25.2 Å². The van der Waals surface area contributed by atoms with Gasteiger partial charge in [-0.05, 0) is 24.6 Å². The summed E-state index contributed by atoms with van der Waals surface area (Å²) in [4.78, 5) is 6.82. The van der Waals surface area contributed by atoms with E-state index in [0.717, 1.165) is 29.7 Å². The second-order valence-corrected chi connectivity index (χ2v) is 4.94. The van der Waals surface area contributed by atoms with Gasteiger partial charge in [-0.2, -0.15) is 0 Å². The third-order valence-electron chi connectivity index (χ3n) is 3.80. The van der Waals surface area contributed by atoms with Crippen molar-refractivity contribution in [1.29, 1.82) is 0 Å². The van der Waals surface area contributed by atoms with Crippen LogP contribution < -0.4 is 4.90 Å². The monoisotopic (exact) mass is 258 g/mol. The molecule has 2 aromatic rings. The zero-order valence-electron chi connectivity index (χ0n) is 11.0. The molecule has 0 spiro atoms. The second kappa shape index (κ2) is 5.15. The molecule has 0 radical (unpaired) electrons. The van der Waals surface area contributed by atoms with Gasteiger partial charge in [0.25, 0.3) is 0 Å². The first-order valence-corrected chi connectivity index (χ1v) is 6.58. The van der Waals surface area contributed by atoms with Gasteiger partial charge in [-0.15, -0.1) is 0 Å². The molecule has 1 aliphatic rings. The number of aliphatic hydroxyl groups excluding tert-OH is 1. The van der Waals surface area contributed by atoms with Gasteiger partial charge in [0.1, 0.15) is 5.82 Å². The van der Waals surface area contributed by atoms with E-state index in [4.69, 9.17) is 4.74 Å². The summed E-state index contributed by atoms with van der Waals surface area (Å²) < 4.78 is 5.40. The number of aliphatic hydroxyl groups is 1. The minimum absolute atomic E-state index is 0.0959. The van der Waals surface area contributed by atoms with Crippen molar-refractivity contribution in [2.45, 2.75) is 18.6 Å². The maximum atomic E-state index is 9.50. The SMILES string of the molecule is CO[C@H]1C[C@@H](CO)N(c2ccc3ccccc3n2)C1. The summed E-state index contributed by atoms with van der Waals surface area (Å²) in [6.45, 7) is 0.918. The van der Waals surface area contributed by atoms with Gasteiger partial charge in [0.15, 0.2) is 0 Å². The first-order valence-electron chi connectivity index (χ1n) is 6.58. The number of hydrogen-bond acceptors (Lipinski definition) is 4. The zero-order valence-corrected chi connectivity index (χ0v) is 11.0. The van der Waals surface area contributed by atoms with Crippen molar-refractivity contribution in [3.05, 3.63) is 36.4 Å². The lowest BCUT2D eigenvalue weighted by Crippen LogP contribution is -2.33. The van der Waals surface area contributed by atoms with Gasteiger partial charge in [-0.25, -0.2) is 4.98 Å². The third kappa shape index (κ3) is 2.29. The normalized spacial score (nSPS) is 23.2. The summed E-state index contributed by atoms with van der Waals surface area (Å²) in [5, 5.41) is 10.6. The molecule has 0 amide bonds. The number of hydrogen-bond donors (Lipinski definition) is 1. The smallest absolute Gasteiger partial charge is 0.129 e. The lowest BCUT2D eigenvalue weighted by molar-refractivity contribution is 0.115. The number of pyridine rings is 1. The van der Waals surface area contributed by atoms with Crippen LogP contribution in [-0.4, -0.2) is 42.5 Å². The van der Waals surface area contributed by atoms with Gasteiger partial charge in [0.2, 0.25) is 0 Å². The van der Waals surface area contributed by atoms with Crippen molar-refractivity contribution in [3.8, 4) is 0 Å². The van der Waals surface area contributed by atoms with E-state index in [1.807, 2.05) is 24.3 Å². The summed E-state index contributed by atoms with van der Waals surface area (Å²) in [5.74, 6) is 0.914. The molecule has 3 rings (SSSR count). The highest BCUT2D eigenvalue weighted by Crippen LogP contribution is 2.27. The first-order chi connectivity index (χ1) is 9.31. The molecule has 1 N–H and O–H groups in total. The number of benzene rings is 1. The zero-order chi connectivity index (χ0) is 13.2. The van der Waals surface area contributed by atoms with Crippen LogP contribution in [0.2, 0.25) is 0 Å². The van der Waals surface area contributed by atoms with E-state index in [1.54, 1.807) is 7.11 Å². The predicted molar refractivity (Wildman–Crippen MR) is 75.4 cm³/mol. The highest BCUT2D eigenvalue weighted by Gasteiger charge is 2.32. The van der Waals surface area contributed by atoms with Crippen LogP contribution in [0.4, 0.5) is 5.82 Å². The molecular formula is C15H18N2O2. The number of para-hydroxylation sites is 1. The van der Waals surface area contributed by atoms with Gasteiger partial charge in [-0.3, -0.25) is 0 Å². The Morgan fingerprint density at radius 2 is 2.16 bits per heavy atom. The number of methoxy groups -OCH3 is 1. The molecule has 1 saturated heterocycles. The molecule has 19 heavy (non-hydrogen) atoms. The average molecular weight is 258 g/mol. The van der Waals surface area contributed by atoms with Crippen LogP contribution >= 0.6 is 0 Å². The minimum Gasteiger partial charge on any atom is -0.394 e. The van der Waals surface area contributed by atoms with Crippen LogP contribution in [0.25, 0.3) is 10.9 Å². The van der Waals surface area contributed by atoms with Crippen LogP contribution in [0.1, 0.15) is 6.42 Å². The lowest BCUT2D eigenvalue weighted by Gasteiger charge is -2.24. The Morgan fingerprint density at radius 1 is 1.32 bits per heavy atom. The molecular weight excluding hydrogens is 240 g/mol. The van der Waals surface area contributed by atoms with Gasteiger partial charge in [-0.1, -0.05) is 18.2 Å². The quantitative estimate of drug-likeness (QED) is 0.912. The van der Waals surface area contributed by atoms with Crippen LogP contribution in [0.15, 0.2) is 36.4 Å². The average Bonchev–Trinajstić information content (AvgIpc) is 2.90. The van der Waals surface area contributed by atoms with Crippen molar-refractivity contribution in [1.82, 2.24) is 4.98 Å². The van der Waals surface area contributed by atoms with E-state index < -0.39 is 0 Å². The largest absolute Gasteiger partial charge is 0.394 e. The lowest BCUT2D eigenvalue weighted by atomic mass is 10.2. The molecule has 1 aliphatic heterocycles. The van der Waals surface area contributed by atoms with Crippen molar-refractivity contribution >= 4 is 16.7 Å². The molecule has 1 aromatic heterocycles. The molecule has 4 nitrogen and oxygen atoms in total. The summed E-state index contributed by atoms with van der Waals surface area (Å²) in [7, 11) is 1.72. The molecule has 0 unspecified atom stereocenters. The fourth-order valence-corrected chi connectivity index (χ4v) is 2.71. The fraction of sp³-hybridized carbons (Fsp3) is 0.400. The molecule has 0 saturated carbocycles. The van der Waals surface area contributed by atoms with Gasteiger partial charge >= 0.3 is 0 Å². The maximum Gasteiger partial charge on any atom is 0.129 e. The van der Waals surface area contributed by atoms with Crippen molar-refractivity contribution in [2.24, 2.45) is 0 Å². The van der Waals surface area contributed by atoms with Gasteiger partial charge in [0, 0.05) is 19.0 Å². The number of anilines is 1. The first kappa shape index (κ1) is 12.4. The Hall–Kier alpha value is -1.65. The fourth-order valence-electron chi connectivity index (χ4n) is 2.71. The number of rotatable bonds is 3. The Morgan fingerprint density at radius 3 is 2.95 bits per heavy atom. The molecule has 2 atom stereocenters. The van der Waals surface area contributed by atoms with Crippen molar-refractivity contribution in [3.63, 3.8) is 0 Å². The van der Waals surface area contributed by atoms with E-state index in [9.17, 15) is 5.11 Å². The van der Waals surface area contributed by atoms with Gasteiger partial charge < -0.3 is 14.7 Å². The van der Waals surface area contributed by atoms with E-state index in [1.165, 1.54) is 0 Å². The number of ether oxygens (including phenoxy) is 1. The summed E-state index contributed by atoms with van der Waals surface area (Å²) in [5.41, 5.74) is 0.984. The van der Waals surface area contributed by atoms with Crippen LogP contribution in [0.3, 0.4) is 0 Å². The van der Waals surface area contributed by atoms with E-state index >= 15 is 0 Å². The molecule has 1 aromatic carbocycles. The minimum atomic E-state index is 0.0959. The summed E-state index contributed by atoms with van der Waals surface area (Å²) in [6, 6.07) is 12.3. The van der Waals surface area contributed by atoms with E-state index in [0.29, 0.717) is 0 Å². The van der Waals surface area contributed by atoms with Crippen LogP contribution in [-0.2, 0) is 4.74 Å². The van der Waals surface area contributed by atoms with Crippen molar-refractivity contribution < 1.29 is 9.84 Å². The second-order valence-electron chi connectivity index (χ2n) is 4.94. The van der Waals surface area contributed by atoms with Crippen LogP contribution in [0.5, 0.6) is 0 Å². The Kier molecular flexibility index (Phi) is 3.36.